The second kappa shape index (κ2) is 9.89. The van der Waals surface area contributed by atoms with Gasteiger partial charge in [-0.05, 0) is 49.7 Å². The van der Waals surface area contributed by atoms with E-state index >= 15 is 0 Å². The number of rotatable bonds is 9. The summed E-state index contributed by atoms with van der Waals surface area (Å²) in [6, 6.07) is 11.6. The Morgan fingerprint density at radius 3 is 2.62 bits per heavy atom. The molecule has 0 saturated heterocycles. The van der Waals surface area contributed by atoms with Gasteiger partial charge < -0.3 is 14.0 Å². The molecule has 3 aromatic rings. The van der Waals surface area contributed by atoms with Crippen LogP contribution in [-0.2, 0) is 32.7 Å². The van der Waals surface area contributed by atoms with E-state index in [-0.39, 0.29) is 11.5 Å². The summed E-state index contributed by atoms with van der Waals surface area (Å²) >= 11 is 5.94. The van der Waals surface area contributed by atoms with Crippen LogP contribution in [-0.4, -0.2) is 48.4 Å². The maximum atomic E-state index is 12.5. The van der Waals surface area contributed by atoms with Crippen LogP contribution in [0.3, 0.4) is 0 Å². The largest absolute Gasteiger partial charge is 0.479 e. The summed E-state index contributed by atoms with van der Waals surface area (Å²) in [5, 5.41) is 0.506. The van der Waals surface area contributed by atoms with Crippen LogP contribution in [0.25, 0.3) is 11.0 Å². The molecule has 0 amide bonds. The Morgan fingerprint density at radius 2 is 1.97 bits per heavy atom. The molecule has 2 aromatic carbocycles. The first-order valence-electron chi connectivity index (χ1n) is 10.1. The Hall–Kier alpha value is -2.62. The highest BCUT2D eigenvalue weighted by atomic mass is 35.5. The van der Waals surface area contributed by atoms with E-state index in [1.807, 2.05) is 11.5 Å². The van der Waals surface area contributed by atoms with Crippen LogP contribution in [0.5, 0.6) is 5.75 Å². The van der Waals surface area contributed by atoms with E-state index in [0.29, 0.717) is 28.7 Å². The first-order valence-corrected chi connectivity index (χ1v) is 12.0. The van der Waals surface area contributed by atoms with Gasteiger partial charge in [-0.3, -0.25) is 0 Å². The highest BCUT2D eigenvalue weighted by molar-refractivity contribution is 7.89. The fraction of sp³-hybridized carbons (Fsp3) is 0.364. The van der Waals surface area contributed by atoms with Gasteiger partial charge in [-0.15, -0.1) is 0 Å². The number of aryl methyl sites for hydroxylation is 1. The van der Waals surface area contributed by atoms with Crippen molar-refractivity contribution in [1.29, 1.82) is 0 Å². The molecule has 0 radical (unpaired) electrons. The van der Waals surface area contributed by atoms with E-state index in [1.54, 1.807) is 43.3 Å². The van der Waals surface area contributed by atoms with Crippen molar-refractivity contribution in [2.75, 3.05) is 14.1 Å². The van der Waals surface area contributed by atoms with Crippen LogP contribution in [0.4, 0.5) is 0 Å². The molecule has 1 heterocycles. The Kier molecular flexibility index (Phi) is 7.43. The maximum Gasteiger partial charge on any atom is 0.347 e. The number of hydrogen-bond donors (Lipinski definition) is 0. The highest BCUT2D eigenvalue weighted by Crippen LogP contribution is 2.23. The average molecular weight is 480 g/mol. The monoisotopic (exact) mass is 479 g/mol. The fourth-order valence-electron chi connectivity index (χ4n) is 3.16. The molecule has 0 saturated carbocycles. The van der Waals surface area contributed by atoms with Gasteiger partial charge in [0, 0.05) is 25.7 Å². The number of carbonyl (C=O) groups excluding carboxylic acids is 1. The number of carbonyl (C=O) groups is 1. The van der Waals surface area contributed by atoms with Gasteiger partial charge in [-0.2, -0.15) is 0 Å². The van der Waals surface area contributed by atoms with Crippen LogP contribution in [0.2, 0.25) is 5.02 Å². The molecule has 0 N–H and O–H groups in total. The molecule has 0 spiro atoms. The lowest BCUT2D eigenvalue weighted by Crippen LogP contribution is -2.26. The number of esters is 1. The lowest BCUT2D eigenvalue weighted by atomic mass is 10.3. The molecule has 8 nitrogen and oxygen atoms in total. The minimum Gasteiger partial charge on any atom is -0.479 e. The number of fused-ring (bicyclic) bond motifs is 1. The minimum atomic E-state index is -3.58. The van der Waals surface area contributed by atoms with Crippen molar-refractivity contribution in [3.8, 4) is 5.75 Å². The molecule has 0 aliphatic carbocycles. The van der Waals surface area contributed by atoms with Gasteiger partial charge in [-0.1, -0.05) is 24.6 Å². The summed E-state index contributed by atoms with van der Waals surface area (Å²) in [5.41, 5.74) is 1.30. The van der Waals surface area contributed by atoms with Crippen LogP contribution >= 0.6 is 11.6 Å². The zero-order valence-electron chi connectivity index (χ0n) is 18.4. The molecule has 10 heteroatoms. The molecular formula is C22H26ClN3O5S. The van der Waals surface area contributed by atoms with Gasteiger partial charge in [0.05, 0.1) is 15.9 Å². The Morgan fingerprint density at radius 1 is 1.22 bits per heavy atom. The van der Waals surface area contributed by atoms with Crippen molar-refractivity contribution in [3.63, 3.8) is 0 Å². The summed E-state index contributed by atoms with van der Waals surface area (Å²) in [7, 11) is -0.623. The molecule has 0 fully saturated rings. The van der Waals surface area contributed by atoms with Crippen LogP contribution in [0, 0.1) is 0 Å². The third-order valence-electron chi connectivity index (χ3n) is 4.81. The predicted octanol–water partition coefficient (Wildman–Crippen LogP) is 3.86. The quantitative estimate of drug-likeness (QED) is 0.433. The van der Waals surface area contributed by atoms with Gasteiger partial charge in [0.1, 0.15) is 18.2 Å². The number of nitrogens with zero attached hydrogens (tertiary/aromatic N) is 3. The molecule has 0 aliphatic rings. The predicted molar refractivity (Wildman–Crippen MR) is 122 cm³/mol. The van der Waals surface area contributed by atoms with Gasteiger partial charge in [0.2, 0.25) is 10.0 Å². The summed E-state index contributed by atoms with van der Waals surface area (Å²) in [4.78, 5) is 17.1. The van der Waals surface area contributed by atoms with E-state index < -0.39 is 22.1 Å². The number of ether oxygens (including phenoxy) is 2. The van der Waals surface area contributed by atoms with Gasteiger partial charge in [-0.25, -0.2) is 22.5 Å². The van der Waals surface area contributed by atoms with Gasteiger partial charge in [0.25, 0.3) is 0 Å². The van der Waals surface area contributed by atoms with Gasteiger partial charge >= 0.3 is 5.97 Å². The number of hydrogen-bond acceptors (Lipinski definition) is 6. The molecule has 32 heavy (non-hydrogen) atoms. The van der Waals surface area contributed by atoms with E-state index in [0.717, 1.165) is 16.2 Å². The molecule has 172 valence electrons. The molecule has 3 rings (SSSR count). The molecule has 1 aromatic heterocycles. The fourth-order valence-corrected chi connectivity index (χ4v) is 4.26. The minimum absolute atomic E-state index is 0.0630. The second-order valence-electron chi connectivity index (χ2n) is 7.44. The van der Waals surface area contributed by atoms with Crippen molar-refractivity contribution in [2.24, 2.45) is 0 Å². The molecule has 1 unspecified atom stereocenters. The summed E-state index contributed by atoms with van der Waals surface area (Å²) in [6.07, 6.45) is -0.00682. The maximum absolute atomic E-state index is 12.5. The smallest absolute Gasteiger partial charge is 0.347 e. The van der Waals surface area contributed by atoms with Gasteiger partial charge in [0.15, 0.2) is 6.10 Å². The number of imidazole rings is 1. The SMILES string of the molecule is CCCn1c(COC(=O)C(C)Oc2cccc(Cl)c2)nc2cc(S(=O)(=O)N(C)C)ccc21. The summed E-state index contributed by atoms with van der Waals surface area (Å²) in [6.45, 7) is 4.20. The zero-order chi connectivity index (χ0) is 23.5. The molecular weight excluding hydrogens is 454 g/mol. The number of aromatic nitrogens is 2. The van der Waals surface area contributed by atoms with Crippen molar-refractivity contribution in [2.45, 2.75) is 44.4 Å². The number of sulfonamides is 1. The van der Waals surface area contributed by atoms with Crippen molar-refractivity contribution in [3.05, 3.63) is 53.3 Å². The van der Waals surface area contributed by atoms with Crippen molar-refractivity contribution in [1.82, 2.24) is 13.9 Å². The van der Waals surface area contributed by atoms with Crippen LogP contribution in [0.1, 0.15) is 26.1 Å². The molecule has 0 bridgehead atoms. The standard InChI is InChI=1S/C22H26ClN3O5S/c1-5-11-26-20-10-9-18(32(28,29)25(3)4)13-19(20)24-21(26)14-30-22(27)15(2)31-17-8-6-7-16(23)12-17/h6-10,12-13,15H,5,11,14H2,1-4H3. The zero-order valence-corrected chi connectivity index (χ0v) is 20.0. The lowest BCUT2D eigenvalue weighted by molar-refractivity contribution is -0.152. The van der Waals surface area contributed by atoms with Crippen LogP contribution in [0.15, 0.2) is 47.4 Å². The Balaban J connectivity index is 1.79. The Bertz CT molecular complexity index is 1220. The third-order valence-corrected chi connectivity index (χ3v) is 6.86. The second-order valence-corrected chi connectivity index (χ2v) is 10.0. The first-order chi connectivity index (χ1) is 15.1. The topological polar surface area (TPSA) is 90.7 Å². The van der Waals surface area contributed by atoms with Crippen molar-refractivity contribution >= 4 is 38.6 Å². The Labute approximate surface area is 192 Å². The van der Waals surface area contributed by atoms with Crippen LogP contribution < -0.4 is 4.74 Å². The lowest BCUT2D eigenvalue weighted by Gasteiger charge is -2.14. The number of benzene rings is 2. The van der Waals surface area contributed by atoms with E-state index in [2.05, 4.69) is 4.98 Å². The summed E-state index contributed by atoms with van der Waals surface area (Å²) in [5.74, 6) is 0.454. The van der Waals surface area contributed by atoms with E-state index in [4.69, 9.17) is 21.1 Å². The first kappa shape index (κ1) is 24.0. The number of halogens is 1. The van der Waals surface area contributed by atoms with E-state index in [1.165, 1.54) is 20.2 Å². The molecule has 1 atom stereocenters. The summed E-state index contributed by atoms with van der Waals surface area (Å²) < 4.78 is 39.0. The molecule has 0 aliphatic heterocycles. The third kappa shape index (κ3) is 5.23. The normalized spacial score (nSPS) is 12.8. The average Bonchev–Trinajstić information content (AvgIpc) is 3.08. The van der Waals surface area contributed by atoms with Crippen molar-refractivity contribution < 1.29 is 22.7 Å². The van der Waals surface area contributed by atoms with E-state index in [9.17, 15) is 13.2 Å². The highest BCUT2D eigenvalue weighted by Gasteiger charge is 2.21.